The molecule has 0 aliphatic heterocycles. The summed E-state index contributed by atoms with van der Waals surface area (Å²) >= 11 is 6.49. The molecule has 1 heterocycles. The summed E-state index contributed by atoms with van der Waals surface area (Å²) in [5.74, 6) is -0.303. The molecule has 0 unspecified atom stereocenters. The third kappa shape index (κ3) is 1.57. The van der Waals surface area contributed by atoms with Gasteiger partial charge in [-0.15, -0.1) is 11.3 Å². The molecule has 1 aromatic carbocycles. The molecule has 1 nitrogen and oxygen atoms in total. The van der Waals surface area contributed by atoms with Crippen molar-refractivity contribution in [1.29, 1.82) is 0 Å². The van der Waals surface area contributed by atoms with Crippen molar-refractivity contribution in [3.63, 3.8) is 0 Å². The van der Waals surface area contributed by atoms with Crippen LogP contribution in [0, 0.1) is 5.82 Å². The number of carbonyl (C=O) groups is 1. The van der Waals surface area contributed by atoms with Crippen molar-refractivity contribution < 1.29 is 9.18 Å². The number of rotatable bonds is 1. The van der Waals surface area contributed by atoms with Gasteiger partial charge in [0.2, 0.25) is 0 Å². The summed E-state index contributed by atoms with van der Waals surface area (Å²) in [5.41, 5.74) is 0. The lowest BCUT2D eigenvalue weighted by Gasteiger charge is -1.86. The van der Waals surface area contributed by atoms with Crippen molar-refractivity contribution in [2.45, 2.75) is 0 Å². The Labute approximate surface area is 82.7 Å². The second kappa shape index (κ2) is 3.09. The first kappa shape index (κ1) is 8.66. The molecule has 0 atom stereocenters. The van der Waals surface area contributed by atoms with Crippen LogP contribution in [0.1, 0.15) is 9.67 Å². The van der Waals surface area contributed by atoms with E-state index in [9.17, 15) is 9.18 Å². The zero-order valence-corrected chi connectivity index (χ0v) is 7.95. The monoisotopic (exact) mass is 214 g/mol. The highest BCUT2D eigenvalue weighted by Crippen LogP contribution is 2.27. The number of carbonyl (C=O) groups excluding carboxylic acids is 1. The Morgan fingerprint density at radius 3 is 2.85 bits per heavy atom. The standard InChI is InChI=1S/C9H4ClFOS/c10-9(12)8-3-5-1-2-6(11)4-7(5)13-8/h1-4H. The first-order valence-corrected chi connectivity index (χ1v) is 4.75. The van der Waals surface area contributed by atoms with Crippen LogP contribution in [0.15, 0.2) is 24.3 Å². The van der Waals surface area contributed by atoms with Gasteiger partial charge in [-0.1, -0.05) is 6.07 Å². The smallest absolute Gasteiger partial charge is 0.262 e. The minimum atomic E-state index is -0.499. The Balaban J connectivity index is 2.68. The maximum atomic E-state index is 12.7. The maximum absolute atomic E-state index is 12.7. The van der Waals surface area contributed by atoms with Crippen molar-refractivity contribution in [1.82, 2.24) is 0 Å². The van der Waals surface area contributed by atoms with E-state index in [0.29, 0.717) is 4.88 Å². The maximum Gasteiger partial charge on any atom is 0.262 e. The summed E-state index contributed by atoms with van der Waals surface area (Å²) in [6.45, 7) is 0. The van der Waals surface area contributed by atoms with Crippen LogP contribution < -0.4 is 0 Å². The Hall–Kier alpha value is -0.930. The van der Waals surface area contributed by atoms with Gasteiger partial charge in [-0.2, -0.15) is 0 Å². The molecular formula is C9H4ClFOS. The van der Waals surface area contributed by atoms with E-state index >= 15 is 0 Å². The van der Waals surface area contributed by atoms with Crippen LogP contribution >= 0.6 is 22.9 Å². The lowest BCUT2D eigenvalue weighted by molar-refractivity contribution is 0.108. The van der Waals surface area contributed by atoms with Gasteiger partial charge < -0.3 is 0 Å². The van der Waals surface area contributed by atoms with Crippen molar-refractivity contribution in [3.05, 3.63) is 35.0 Å². The number of hydrogen-bond acceptors (Lipinski definition) is 2. The van der Waals surface area contributed by atoms with Crippen LogP contribution in [-0.2, 0) is 0 Å². The lowest BCUT2D eigenvalue weighted by Crippen LogP contribution is -1.78. The molecule has 0 spiro atoms. The fraction of sp³-hybridized carbons (Fsp3) is 0. The van der Waals surface area contributed by atoms with E-state index in [1.54, 1.807) is 12.1 Å². The Morgan fingerprint density at radius 2 is 2.15 bits per heavy atom. The van der Waals surface area contributed by atoms with Crippen LogP contribution in [-0.4, -0.2) is 5.24 Å². The average molecular weight is 215 g/mol. The summed E-state index contributed by atoms with van der Waals surface area (Å²) in [5, 5.41) is 0.344. The van der Waals surface area contributed by atoms with Crippen LogP contribution in [0.3, 0.4) is 0 Å². The van der Waals surface area contributed by atoms with Gasteiger partial charge in [0, 0.05) is 4.70 Å². The second-order valence-corrected chi connectivity index (χ2v) is 3.99. The molecule has 0 N–H and O–H groups in total. The Bertz CT molecular complexity index is 477. The van der Waals surface area contributed by atoms with Gasteiger partial charge in [0.05, 0.1) is 4.88 Å². The summed E-state index contributed by atoms with van der Waals surface area (Å²) in [6.07, 6.45) is 0. The molecule has 0 fully saturated rings. The highest BCUT2D eigenvalue weighted by atomic mass is 35.5. The van der Waals surface area contributed by atoms with Gasteiger partial charge in [-0.05, 0) is 35.2 Å². The molecule has 66 valence electrons. The van der Waals surface area contributed by atoms with Gasteiger partial charge in [0.1, 0.15) is 5.82 Å². The second-order valence-electron chi connectivity index (χ2n) is 2.57. The van der Waals surface area contributed by atoms with Crippen LogP contribution in [0.4, 0.5) is 4.39 Å². The van der Waals surface area contributed by atoms with Crippen LogP contribution in [0.2, 0.25) is 0 Å². The van der Waals surface area contributed by atoms with Crippen molar-refractivity contribution in [2.24, 2.45) is 0 Å². The molecule has 0 aliphatic carbocycles. The summed E-state index contributed by atoms with van der Waals surface area (Å²) < 4.78 is 13.5. The fourth-order valence-corrected chi connectivity index (χ4v) is 2.19. The van der Waals surface area contributed by atoms with E-state index in [-0.39, 0.29) is 5.82 Å². The van der Waals surface area contributed by atoms with Gasteiger partial charge in [0.15, 0.2) is 0 Å². The van der Waals surface area contributed by atoms with E-state index in [2.05, 4.69) is 0 Å². The summed E-state index contributed by atoms with van der Waals surface area (Å²) in [7, 11) is 0. The van der Waals surface area contributed by atoms with Gasteiger partial charge in [-0.25, -0.2) is 4.39 Å². The predicted molar refractivity (Wildman–Crippen MR) is 52.0 cm³/mol. The zero-order valence-electron chi connectivity index (χ0n) is 6.38. The first-order valence-electron chi connectivity index (χ1n) is 3.56. The largest absolute Gasteiger partial charge is 0.275 e. The van der Waals surface area contributed by atoms with Crippen molar-refractivity contribution in [2.75, 3.05) is 0 Å². The average Bonchev–Trinajstić information content (AvgIpc) is 2.46. The quantitative estimate of drug-likeness (QED) is 0.665. The van der Waals surface area contributed by atoms with Crippen molar-refractivity contribution >= 4 is 38.3 Å². The van der Waals surface area contributed by atoms with Crippen LogP contribution in [0.5, 0.6) is 0 Å². The predicted octanol–water partition coefficient (Wildman–Crippen LogP) is 3.42. The molecule has 0 radical (unpaired) electrons. The minimum Gasteiger partial charge on any atom is -0.275 e. The third-order valence-electron chi connectivity index (χ3n) is 1.68. The van der Waals surface area contributed by atoms with Gasteiger partial charge in [-0.3, -0.25) is 4.79 Å². The Kier molecular flexibility index (Phi) is 2.06. The SMILES string of the molecule is O=C(Cl)c1cc2ccc(F)cc2s1. The number of benzene rings is 1. The summed E-state index contributed by atoms with van der Waals surface area (Å²) in [4.78, 5) is 11.2. The topological polar surface area (TPSA) is 17.1 Å². The van der Waals surface area contributed by atoms with E-state index < -0.39 is 5.24 Å². The normalized spacial score (nSPS) is 10.6. The van der Waals surface area contributed by atoms with Gasteiger partial charge >= 0.3 is 0 Å². The lowest BCUT2D eigenvalue weighted by atomic mass is 10.2. The van der Waals surface area contributed by atoms with E-state index in [0.717, 1.165) is 10.1 Å². The summed E-state index contributed by atoms with van der Waals surface area (Å²) in [6, 6.07) is 6.04. The van der Waals surface area contributed by atoms with Crippen molar-refractivity contribution in [3.8, 4) is 0 Å². The molecule has 2 aromatic rings. The molecule has 0 bridgehead atoms. The van der Waals surface area contributed by atoms with E-state index in [1.165, 1.54) is 23.5 Å². The highest BCUT2D eigenvalue weighted by molar-refractivity contribution is 7.22. The molecule has 0 saturated carbocycles. The molecule has 0 aliphatic rings. The molecule has 1 aromatic heterocycles. The zero-order chi connectivity index (χ0) is 9.42. The molecular weight excluding hydrogens is 211 g/mol. The van der Waals surface area contributed by atoms with E-state index in [1.807, 2.05) is 0 Å². The fourth-order valence-electron chi connectivity index (χ4n) is 1.10. The van der Waals surface area contributed by atoms with Crippen LogP contribution in [0.25, 0.3) is 10.1 Å². The van der Waals surface area contributed by atoms with E-state index in [4.69, 9.17) is 11.6 Å². The molecule has 0 saturated heterocycles. The third-order valence-corrected chi connectivity index (χ3v) is 3.09. The number of thiophene rings is 1. The first-order chi connectivity index (χ1) is 6.16. The number of halogens is 2. The number of fused-ring (bicyclic) bond motifs is 1. The molecule has 2 rings (SSSR count). The highest BCUT2D eigenvalue weighted by Gasteiger charge is 2.07. The molecule has 13 heavy (non-hydrogen) atoms. The molecule has 4 heteroatoms. The Morgan fingerprint density at radius 1 is 1.38 bits per heavy atom. The molecule has 0 amide bonds. The van der Waals surface area contributed by atoms with Gasteiger partial charge in [0.25, 0.3) is 5.24 Å². The minimum absolute atomic E-state index is 0.303. The number of hydrogen-bond donors (Lipinski definition) is 0.